The number of hydrogen-bond donors (Lipinski definition) is 0. The summed E-state index contributed by atoms with van der Waals surface area (Å²) < 4.78 is 5.42. The summed E-state index contributed by atoms with van der Waals surface area (Å²) in [5.41, 5.74) is 3.78. The van der Waals surface area contributed by atoms with Gasteiger partial charge in [-0.1, -0.05) is 29.8 Å². The Morgan fingerprint density at radius 1 is 1.14 bits per heavy atom. The number of carbonyl (C=O) groups excluding carboxylic acids is 2. The minimum absolute atomic E-state index is 0.120. The molecule has 1 fully saturated rings. The van der Waals surface area contributed by atoms with E-state index in [2.05, 4.69) is 4.98 Å². The first-order valence-corrected chi connectivity index (χ1v) is 10.1. The molecule has 1 saturated heterocycles. The number of carbonyl (C=O) groups is 2. The molecule has 0 atom stereocenters. The minimum atomic E-state index is -0.356. The Hall–Kier alpha value is -2.99. The number of anilines is 1. The molecule has 0 N–H and O–H groups in total. The van der Waals surface area contributed by atoms with Gasteiger partial charge in [0, 0.05) is 29.6 Å². The lowest BCUT2D eigenvalue weighted by atomic mass is 10.2. The minimum Gasteiger partial charge on any atom is -0.426 e. The Morgan fingerprint density at radius 3 is 2.57 bits per heavy atom. The maximum Gasteiger partial charge on any atom is 0.317 e. The third-order valence-corrected chi connectivity index (χ3v) is 5.57. The van der Waals surface area contributed by atoms with Crippen molar-refractivity contribution in [1.29, 1.82) is 0 Å². The average Bonchev–Trinajstić information content (AvgIpc) is 3.32. The lowest BCUT2D eigenvalue weighted by Crippen LogP contribution is -2.23. The van der Waals surface area contributed by atoms with Crippen LogP contribution in [-0.4, -0.2) is 23.4 Å². The lowest BCUT2D eigenvalue weighted by molar-refractivity contribution is -0.133. The van der Waals surface area contributed by atoms with Crippen LogP contribution in [0.3, 0.4) is 0 Å². The van der Waals surface area contributed by atoms with Crippen molar-refractivity contribution in [1.82, 2.24) is 4.98 Å². The van der Waals surface area contributed by atoms with E-state index in [-0.39, 0.29) is 18.3 Å². The lowest BCUT2D eigenvalue weighted by Gasteiger charge is -2.15. The highest BCUT2D eigenvalue weighted by atomic mass is 32.1. The van der Waals surface area contributed by atoms with Gasteiger partial charge in [0.05, 0.1) is 12.1 Å². The second-order valence-corrected chi connectivity index (χ2v) is 7.66. The number of aryl methyl sites for hydroxylation is 1. The molecule has 0 unspecified atom stereocenters. The summed E-state index contributed by atoms with van der Waals surface area (Å²) in [6, 6.07) is 15.2. The molecule has 0 bridgehead atoms. The molecule has 4 rings (SSSR count). The van der Waals surface area contributed by atoms with Gasteiger partial charge >= 0.3 is 5.97 Å². The molecule has 1 aromatic heterocycles. The fourth-order valence-electron chi connectivity index (χ4n) is 3.15. The smallest absolute Gasteiger partial charge is 0.317 e. The summed E-state index contributed by atoms with van der Waals surface area (Å²) in [6.45, 7) is 2.79. The van der Waals surface area contributed by atoms with Crippen LogP contribution in [0.2, 0.25) is 0 Å². The van der Waals surface area contributed by atoms with E-state index in [9.17, 15) is 9.59 Å². The zero-order valence-electron chi connectivity index (χ0n) is 15.6. The second-order valence-electron chi connectivity index (χ2n) is 6.80. The number of benzene rings is 2. The molecular formula is C22H20N2O3S. The molecule has 1 aliphatic rings. The summed E-state index contributed by atoms with van der Waals surface area (Å²) in [7, 11) is 0. The van der Waals surface area contributed by atoms with Gasteiger partial charge in [-0.2, -0.15) is 0 Å². The average molecular weight is 392 g/mol. The molecule has 0 saturated carbocycles. The number of amides is 1. The van der Waals surface area contributed by atoms with Crippen LogP contribution >= 0.6 is 11.3 Å². The van der Waals surface area contributed by atoms with E-state index >= 15 is 0 Å². The number of rotatable bonds is 5. The molecule has 1 aliphatic heterocycles. The van der Waals surface area contributed by atoms with Crippen molar-refractivity contribution in [2.75, 3.05) is 11.4 Å². The largest absolute Gasteiger partial charge is 0.426 e. The zero-order chi connectivity index (χ0) is 19.5. The van der Waals surface area contributed by atoms with Gasteiger partial charge in [0.1, 0.15) is 10.8 Å². The van der Waals surface area contributed by atoms with Crippen LogP contribution in [0, 0.1) is 6.92 Å². The molecule has 2 aromatic carbocycles. The Kier molecular flexibility index (Phi) is 5.21. The Balaban J connectivity index is 1.37. The van der Waals surface area contributed by atoms with Gasteiger partial charge in [-0.15, -0.1) is 11.3 Å². The van der Waals surface area contributed by atoms with Crippen LogP contribution in [0.15, 0.2) is 53.9 Å². The van der Waals surface area contributed by atoms with E-state index in [0.717, 1.165) is 29.2 Å². The van der Waals surface area contributed by atoms with Crippen molar-refractivity contribution in [2.24, 2.45) is 0 Å². The molecule has 2 heterocycles. The fourth-order valence-corrected chi connectivity index (χ4v) is 3.97. The first-order chi connectivity index (χ1) is 13.6. The highest BCUT2D eigenvalue weighted by Crippen LogP contribution is 2.26. The van der Waals surface area contributed by atoms with Crippen molar-refractivity contribution >= 4 is 28.9 Å². The third kappa shape index (κ3) is 4.12. The summed E-state index contributed by atoms with van der Waals surface area (Å²) in [4.78, 5) is 30.3. The van der Waals surface area contributed by atoms with Gasteiger partial charge in [-0.3, -0.25) is 9.59 Å². The van der Waals surface area contributed by atoms with Crippen molar-refractivity contribution in [3.63, 3.8) is 0 Å². The van der Waals surface area contributed by atoms with Crippen molar-refractivity contribution in [3.05, 3.63) is 65.2 Å². The van der Waals surface area contributed by atoms with Gasteiger partial charge in [-0.05, 0) is 37.6 Å². The quantitative estimate of drug-likeness (QED) is 0.477. The number of esters is 1. The number of aromatic nitrogens is 1. The van der Waals surface area contributed by atoms with E-state index in [1.54, 1.807) is 17.0 Å². The van der Waals surface area contributed by atoms with Crippen molar-refractivity contribution < 1.29 is 14.3 Å². The molecule has 6 heteroatoms. The van der Waals surface area contributed by atoms with Crippen LogP contribution in [0.25, 0.3) is 10.6 Å². The highest BCUT2D eigenvalue weighted by molar-refractivity contribution is 7.13. The molecule has 5 nitrogen and oxygen atoms in total. The Bertz CT molecular complexity index is 993. The monoisotopic (exact) mass is 392 g/mol. The summed E-state index contributed by atoms with van der Waals surface area (Å²) in [5, 5.41) is 2.78. The third-order valence-electron chi connectivity index (χ3n) is 4.63. The summed E-state index contributed by atoms with van der Waals surface area (Å²) >= 11 is 1.52. The topological polar surface area (TPSA) is 59.5 Å². The van der Waals surface area contributed by atoms with Crippen molar-refractivity contribution in [2.45, 2.75) is 26.2 Å². The van der Waals surface area contributed by atoms with Gasteiger partial charge in [0.2, 0.25) is 5.91 Å². The summed E-state index contributed by atoms with van der Waals surface area (Å²) in [5.74, 6) is 0.248. The summed E-state index contributed by atoms with van der Waals surface area (Å²) in [6.07, 6.45) is 1.59. The molecule has 0 radical (unpaired) electrons. The number of nitrogens with zero attached hydrogens (tertiary/aromatic N) is 2. The maximum atomic E-state index is 12.2. The molecule has 28 heavy (non-hydrogen) atoms. The normalized spacial score (nSPS) is 13.8. The van der Waals surface area contributed by atoms with Gasteiger partial charge < -0.3 is 9.64 Å². The van der Waals surface area contributed by atoms with Crippen LogP contribution in [0.1, 0.15) is 24.1 Å². The highest BCUT2D eigenvalue weighted by Gasteiger charge is 2.21. The van der Waals surface area contributed by atoms with E-state index in [4.69, 9.17) is 4.74 Å². The van der Waals surface area contributed by atoms with Crippen LogP contribution < -0.4 is 9.64 Å². The van der Waals surface area contributed by atoms with Gasteiger partial charge in [-0.25, -0.2) is 4.98 Å². The SMILES string of the molecule is Cc1ccc(-c2nc(CC(=O)Oc3ccc(N4CCCC4=O)cc3)cs2)cc1. The van der Waals surface area contributed by atoms with Crippen molar-refractivity contribution in [3.8, 4) is 16.3 Å². The Morgan fingerprint density at radius 2 is 1.89 bits per heavy atom. The fraction of sp³-hybridized carbons (Fsp3) is 0.227. The number of hydrogen-bond acceptors (Lipinski definition) is 5. The first-order valence-electron chi connectivity index (χ1n) is 9.21. The predicted molar refractivity (Wildman–Crippen MR) is 110 cm³/mol. The van der Waals surface area contributed by atoms with Crippen LogP contribution in [0.5, 0.6) is 5.75 Å². The molecule has 1 amide bonds. The van der Waals surface area contributed by atoms with Crippen LogP contribution in [0.4, 0.5) is 5.69 Å². The zero-order valence-corrected chi connectivity index (χ0v) is 16.4. The van der Waals surface area contributed by atoms with E-state index in [1.807, 2.05) is 48.7 Å². The molecule has 142 valence electrons. The Labute approximate surface area is 167 Å². The maximum absolute atomic E-state index is 12.2. The van der Waals surface area contributed by atoms with Gasteiger partial charge in [0.15, 0.2) is 0 Å². The number of thiazole rings is 1. The molecule has 0 spiro atoms. The standard InChI is InChI=1S/C22H20N2O3S/c1-15-4-6-16(7-5-15)22-23-17(14-28-22)13-21(26)27-19-10-8-18(9-11-19)24-12-2-3-20(24)25/h4-11,14H,2-3,12-13H2,1H3. The van der Waals surface area contributed by atoms with E-state index in [0.29, 0.717) is 17.9 Å². The predicted octanol–water partition coefficient (Wildman–Crippen LogP) is 4.39. The molecular weight excluding hydrogens is 372 g/mol. The molecule has 3 aromatic rings. The first kappa shape index (κ1) is 18.4. The van der Waals surface area contributed by atoms with E-state index < -0.39 is 0 Å². The van der Waals surface area contributed by atoms with E-state index in [1.165, 1.54) is 16.9 Å². The number of ether oxygens (including phenoxy) is 1. The second kappa shape index (κ2) is 7.94. The van der Waals surface area contributed by atoms with Crippen LogP contribution in [-0.2, 0) is 16.0 Å². The molecule has 0 aliphatic carbocycles. The van der Waals surface area contributed by atoms with Gasteiger partial charge in [0.25, 0.3) is 0 Å².